The topological polar surface area (TPSA) is 43.4 Å². The van der Waals surface area contributed by atoms with Gasteiger partial charge in [0.15, 0.2) is 0 Å². The van der Waals surface area contributed by atoms with Gasteiger partial charge in [0, 0.05) is 18.4 Å². The maximum absolute atomic E-state index is 5.95. The summed E-state index contributed by atoms with van der Waals surface area (Å²) in [6.45, 7) is 9.34. The van der Waals surface area contributed by atoms with Crippen molar-refractivity contribution in [2.45, 2.75) is 51.4 Å². The van der Waals surface area contributed by atoms with Crippen molar-refractivity contribution in [2.24, 2.45) is 0 Å². The SMILES string of the molecule is CC1(C)OB(/C=C/c2cncc([C@@H]3CCN3)c2)OC1(C)C. The Labute approximate surface area is 127 Å². The number of hydrogen-bond donors (Lipinski definition) is 1. The van der Waals surface area contributed by atoms with Crippen molar-refractivity contribution < 1.29 is 9.31 Å². The summed E-state index contributed by atoms with van der Waals surface area (Å²) in [6.07, 6.45) is 7.01. The molecule has 0 aliphatic carbocycles. The summed E-state index contributed by atoms with van der Waals surface area (Å²) < 4.78 is 11.9. The predicted octanol–water partition coefficient (Wildman–Crippen LogP) is 2.76. The van der Waals surface area contributed by atoms with Crippen molar-refractivity contribution in [3.05, 3.63) is 35.6 Å². The second kappa shape index (κ2) is 5.23. The molecule has 2 saturated heterocycles. The van der Waals surface area contributed by atoms with E-state index in [1.165, 1.54) is 12.0 Å². The molecule has 21 heavy (non-hydrogen) atoms. The molecule has 1 N–H and O–H groups in total. The van der Waals surface area contributed by atoms with E-state index in [1.54, 1.807) is 0 Å². The van der Waals surface area contributed by atoms with Gasteiger partial charge in [-0.15, -0.1) is 0 Å². The van der Waals surface area contributed by atoms with Gasteiger partial charge in [-0.2, -0.15) is 0 Å². The van der Waals surface area contributed by atoms with Crippen LogP contribution in [-0.2, 0) is 9.31 Å². The van der Waals surface area contributed by atoms with E-state index in [0.717, 1.165) is 12.1 Å². The maximum Gasteiger partial charge on any atom is 0.487 e. The first-order valence-electron chi connectivity index (χ1n) is 7.60. The van der Waals surface area contributed by atoms with Gasteiger partial charge in [0.1, 0.15) is 0 Å². The lowest BCUT2D eigenvalue weighted by molar-refractivity contribution is 0.00578. The third-order valence-electron chi connectivity index (χ3n) is 4.72. The number of pyridine rings is 1. The molecule has 1 atom stereocenters. The highest BCUT2D eigenvalue weighted by Crippen LogP contribution is 2.37. The average Bonchev–Trinajstić information content (AvgIpc) is 2.54. The number of nitrogens with zero attached hydrogens (tertiary/aromatic N) is 1. The molecule has 112 valence electrons. The van der Waals surface area contributed by atoms with E-state index in [-0.39, 0.29) is 18.3 Å². The Balaban J connectivity index is 1.69. The van der Waals surface area contributed by atoms with E-state index in [1.807, 2.05) is 24.4 Å². The van der Waals surface area contributed by atoms with Crippen LogP contribution < -0.4 is 5.32 Å². The summed E-state index contributed by atoms with van der Waals surface area (Å²) in [5.74, 6) is 1.96. The van der Waals surface area contributed by atoms with E-state index in [2.05, 4.69) is 44.1 Å². The Morgan fingerprint density at radius 3 is 2.48 bits per heavy atom. The zero-order valence-electron chi connectivity index (χ0n) is 13.2. The number of aromatic nitrogens is 1. The molecule has 0 spiro atoms. The second-order valence-electron chi connectivity index (χ2n) is 6.83. The first kappa shape index (κ1) is 14.8. The molecule has 0 bridgehead atoms. The van der Waals surface area contributed by atoms with Gasteiger partial charge in [-0.25, -0.2) is 0 Å². The smallest absolute Gasteiger partial charge is 0.400 e. The molecular weight excluding hydrogens is 263 g/mol. The van der Waals surface area contributed by atoms with Crippen molar-refractivity contribution in [1.82, 2.24) is 10.3 Å². The minimum atomic E-state index is -0.305. The van der Waals surface area contributed by atoms with Crippen LogP contribution in [0.3, 0.4) is 0 Å². The summed E-state index contributed by atoms with van der Waals surface area (Å²) in [6, 6.07) is 2.63. The molecular formula is C16H23BN2O2. The van der Waals surface area contributed by atoms with Crippen LogP contribution in [0.5, 0.6) is 0 Å². The first-order chi connectivity index (χ1) is 9.87. The fraction of sp³-hybridized carbons (Fsp3) is 0.562. The van der Waals surface area contributed by atoms with Gasteiger partial charge in [0.05, 0.1) is 11.2 Å². The first-order valence-corrected chi connectivity index (χ1v) is 7.60. The van der Waals surface area contributed by atoms with E-state index in [9.17, 15) is 0 Å². The van der Waals surface area contributed by atoms with Crippen LogP contribution >= 0.6 is 0 Å². The van der Waals surface area contributed by atoms with E-state index >= 15 is 0 Å². The average molecular weight is 286 g/mol. The Bertz CT molecular complexity index is 537. The monoisotopic (exact) mass is 286 g/mol. The van der Waals surface area contributed by atoms with Gasteiger partial charge in [0.2, 0.25) is 0 Å². The molecule has 1 aromatic rings. The second-order valence-corrected chi connectivity index (χ2v) is 6.83. The molecule has 2 fully saturated rings. The molecule has 0 saturated carbocycles. The van der Waals surface area contributed by atoms with Crippen LogP contribution in [0.25, 0.3) is 6.08 Å². The Hall–Kier alpha value is -1.17. The van der Waals surface area contributed by atoms with Gasteiger partial charge < -0.3 is 14.6 Å². The molecule has 4 nitrogen and oxygen atoms in total. The van der Waals surface area contributed by atoms with Crippen LogP contribution in [-0.4, -0.2) is 29.8 Å². The summed E-state index contributed by atoms with van der Waals surface area (Å²) in [5.41, 5.74) is 1.74. The van der Waals surface area contributed by atoms with Gasteiger partial charge in [0.25, 0.3) is 0 Å². The quantitative estimate of drug-likeness (QED) is 0.868. The molecule has 3 rings (SSSR count). The fourth-order valence-electron chi connectivity index (χ4n) is 2.49. The van der Waals surface area contributed by atoms with Crippen molar-refractivity contribution in [3.8, 4) is 0 Å². The number of nitrogens with one attached hydrogen (secondary N) is 1. The molecule has 3 heterocycles. The van der Waals surface area contributed by atoms with Crippen molar-refractivity contribution in [2.75, 3.05) is 6.54 Å². The van der Waals surface area contributed by atoms with Crippen LogP contribution in [0.1, 0.15) is 51.3 Å². The summed E-state index contributed by atoms with van der Waals surface area (Å²) in [7, 11) is -0.305. The van der Waals surface area contributed by atoms with Crippen LogP contribution in [0.2, 0.25) is 0 Å². The highest BCUT2D eigenvalue weighted by Gasteiger charge is 2.49. The Morgan fingerprint density at radius 1 is 1.24 bits per heavy atom. The third-order valence-corrected chi connectivity index (χ3v) is 4.72. The van der Waals surface area contributed by atoms with Gasteiger partial charge in [-0.05, 0) is 57.9 Å². The molecule has 2 aliphatic rings. The highest BCUT2D eigenvalue weighted by molar-refractivity contribution is 6.52. The molecule has 0 aromatic carbocycles. The lowest BCUT2D eigenvalue weighted by atomic mass is 9.89. The molecule has 0 amide bonds. The van der Waals surface area contributed by atoms with Crippen LogP contribution in [0.4, 0.5) is 0 Å². The standard InChI is InChI=1S/C16H23BN2O2/c1-15(2)16(3,4)21-17(20-15)7-5-12-9-13(11-18-10-12)14-6-8-19-14/h5,7,9-11,14,19H,6,8H2,1-4H3/b7-5+/t14-/m0/s1. The number of hydrogen-bond acceptors (Lipinski definition) is 4. The molecule has 0 radical (unpaired) electrons. The Kier molecular flexibility index (Phi) is 3.68. The maximum atomic E-state index is 5.95. The van der Waals surface area contributed by atoms with E-state index < -0.39 is 0 Å². The normalized spacial score (nSPS) is 27.0. The molecule has 0 unspecified atom stereocenters. The van der Waals surface area contributed by atoms with Gasteiger partial charge >= 0.3 is 7.12 Å². The molecule has 2 aliphatic heterocycles. The lowest BCUT2D eigenvalue weighted by Crippen LogP contribution is -2.41. The van der Waals surface area contributed by atoms with E-state index in [0.29, 0.717) is 6.04 Å². The third kappa shape index (κ3) is 2.91. The predicted molar refractivity (Wildman–Crippen MR) is 84.7 cm³/mol. The zero-order chi connectivity index (χ0) is 15.1. The van der Waals surface area contributed by atoms with Gasteiger partial charge in [-0.3, -0.25) is 4.98 Å². The van der Waals surface area contributed by atoms with Gasteiger partial charge in [-0.1, -0.05) is 12.1 Å². The van der Waals surface area contributed by atoms with Crippen LogP contribution in [0.15, 0.2) is 24.4 Å². The van der Waals surface area contributed by atoms with Crippen LogP contribution in [0, 0.1) is 0 Å². The summed E-state index contributed by atoms with van der Waals surface area (Å²) >= 11 is 0. The van der Waals surface area contributed by atoms with Crippen molar-refractivity contribution >= 4 is 13.2 Å². The number of rotatable bonds is 3. The zero-order valence-corrected chi connectivity index (χ0v) is 13.2. The fourth-order valence-corrected chi connectivity index (χ4v) is 2.49. The summed E-state index contributed by atoms with van der Waals surface area (Å²) in [5, 5.41) is 3.39. The minimum Gasteiger partial charge on any atom is -0.400 e. The minimum absolute atomic E-state index is 0.294. The molecule has 5 heteroatoms. The van der Waals surface area contributed by atoms with Crippen molar-refractivity contribution in [3.63, 3.8) is 0 Å². The highest BCUT2D eigenvalue weighted by atomic mass is 16.7. The molecule has 1 aromatic heterocycles. The summed E-state index contributed by atoms with van der Waals surface area (Å²) in [4.78, 5) is 4.32. The Morgan fingerprint density at radius 2 is 1.90 bits per heavy atom. The lowest BCUT2D eigenvalue weighted by Gasteiger charge is -2.32. The van der Waals surface area contributed by atoms with Crippen molar-refractivity contribution in [1.29, 1.82) is 0 Å². The van der Waals surface area contributed by atoms with E-state index in [4.69, 9.17) is 9.31 Å². The largest absolute Gasteiger partial charge is 0.487 e.